The van der Waals surface area contributed by atoms with Crippen LogP contribution in [-0.4, -0.2) is 45.7 Å². The molecule has 0 atom stereocenters. The van der Waals surface area contributed by atoms with Crippen molar-refractivity contribution < 1.29 is 14.5 Å². The molecule has 1 aliphatic carbocycles. The SMILES string of the molecule is CC1CCN(C2=C(c3ccc([N+](=O)[O-])cc3)C(=O)N(C3CCCCC3)C2=O)CC1. The first kappa shape index (κ1) is 19.6. The molecule has 0 spiro atoms. The van der Waals surface area contributed by atoms with Crippen LogP contribution in [0.2, 0.25) is 0 Å². The van der Waals surface area contributed by atoms with E-state index in [1.165, 1.54) is 17.0 Å². The van der Waals surface area contributed by atoms with Gasteiger partial charge < -0.3 is 4.90 Å². The molecule has 2 aliphatic heterocycles. The Kier molecular flexibility index (Phi) is 5.39. The van der Waals surface area contributed by atoms with Crippen LogP contribution in [0, 0.1) is 16.0 Å². The molecular weight excluding hydrogens is 370 g/mol. The number of piperidine rings is 1. The fourth-order valence-corrected chi connectivity index (χ4v) is 4.74. The molecule has 1 aromatic carbocycles. The quantitative estimate of drug-likeness (QED) is 0.439. The Balaban J connectivity index is 1.73. The third-order valence-electron chi connectivity index (χ3n) is 6.50. The molecule has 154 valence electrons. The van der Waals surface area contributed by atoms with Gasteiger partial charge >= 0.3 is 0 Å². The van der Waals surface area contributed by atoms with Gasteiger partial charge in [-0.15, -0.1) is 0 Å². The van der Waals surface area contributed by atoms with Crippen molar-refractivity contribution >= 4 is 23.1 Å². The van der Waals surface area contributed by atoms with E-state index < -0.39 is 4.92 Å². The average Bonchev–Trinajstić information content (AvgIpc) is 2.99. The Morgan fingerprint density at radius 2 is 1.55 bits per heavy atom. The van der Waals surface area contributed by atoms with Crippen molar-refractivity contribution in [2.75, 3.05) is 13.1 Å². The van der Waals surface area contributed by atoms with Crippen LogP contribution < -0.4 is 0 Å². The summed E-state index contributed by atoms with van der Waals surface area (Å²) in [5, 5.41) is 11.0. The molecule has 1 saturated heterocycles. The van der Waals surface area contributed by atoms with E-state index >= 15 is 0 Å². The van der Waals surface area contributed by atoms with Gasteiger partial charge in [0.1, 0.15) is 5.70 Å². The lowest BCUT2D eigenvalue weighted by Crippen LogP contribution is -2.44. The molecule has 29 heavy (non-hydrogen) atoms. The number of hydrogen-bond acceptors (Lipinski definition) is 5. The normalized spacial score (nSPS) is 22.0. The number of nitro groups is 1. The van der Waals surface area contributed by atoms with Gasteiger partial charge in [0, 0.05) is 31.3 Å². The van der Waals surface area contributed by atoms with E-state index in [2.05, 4.69) is 11.8 Å². The van der Waals surface area contributed by atoms with Crippen LogP contribution in [0.4, 0.5) is 5.69 Å². The fourth-order valence-electron chi connectivity index (χ4n) is 4.74. The number of imide groups is 1. The van der Waals surface area contributed by atoms with Crippen molar-refractivity contribution in [1.82, 2.24) is 9.80 Å². The average molecular weight is 397 g/mol. The van der Waals surface area contributed by atoms with Gasteiger partial charge in [-0.3, -0.25) is 24.6 Å². The van der Waals surface area contributed by atoms with Crippen molar-refractivity contribution in [2.45, 2.75) is 57.9 Å². The second-order valence-corrected chi connectivity index (χ2v) is 8.47. The summed E-state index contributed by atoms with van der Waals surface area (Å²) in [4.78, 5) is 41.0. The van der Waals surface area contributed by atoms with Crippen LogP contribution in [0.25, 0.3) is 5.57 Å². The lowest BCUT2D eigenvalue weighted by atomic mass is 9.94. The molecule has 7 heteroatoms. The van der Waals surface area contributed by atoms with Gasteiger partial charge in [-0.2, -0.15) is 0 Å². The lowest BCUT2D eigenvalue weighted by molar-refractivity contribution is -0.384. The van der Waals surface area contributed by atoms with Gasteiger partial charge in [0.15, 0.2) is 0 Å². The number of nitro benzene ring substituents is 1. The number of carbonyl (C=O) groups excluding carboxylic acids is 2. The number of benzene rings is 1. The number of nitrogens with zero attached hydrogens (tertiary/aromatic N) is 3. The third kappa shape index (κ3) is 3.66. The molecule has 2 amide bonds. The number of amides is 2. The minimum atomic E-state index is -0.457. The van der Waals surface area contributed by atoms with E-state index in [-0.39, 0.29) is 23.5 Å². The van der Waals surface area contributed by atoms with Gasteiger partial charge in [0.05, 0.1) is 10.5 Å². The number of likely N-dealkylation sites (tertiary alicyclic amines) is 1. The van der Waals surface area contributed by atoms with Gasteiger partial charge in [-0.1, -0.05) is 26.2 Å². The van der Waals surface area contributed by atoms with Crippen molar-refractivity contribution in [1.29, 1.82) is 0 Å². The van der Waals surface area contributed by atoms with Crippen LogP contribution in [0.15, 0.2) is 30.0 Å². The highest BCUT2D eigenvalue weighted by molar-refractivity contribution is 6.35. The summed E-state index contributed by atoms with van der Waals surface area (Å²) >= 11 is 0. The summed E-state index contributed by atoms with van der Waals surface area (Å²) in [6, 6.07) is 5.95. The molecule has 1 saturated carbocycles. The molecule has 0 radical (unpaired) electrons. The predicted octanol–water partition coefficient (Wildman–Crippen LogP) is 3.74. The van der Waals surface area contributed by atoms with Crippen LogP contribution in [0.3, 0.4) is 0 Å². The Labute approximate surface area is 170 Å². The maximum Gasteiger partial charge on any atom is 0.278 e. The zero-order valence-corrected chi connectivity index (χ0v) is 16.8. The zero-order valence-electron chi connectivity index (χ0n) is 16.8. The maximum absolute atomic E-state index is 13.5. The van der Waals surface area contributed by atoms with E-state index in [0.29, 0.717) is 22.8 Å². The highest BCUT2D eigenvalue weighted by Crippen LogP contribution is 2.37. The molecule has 0 unspecified atom stereocenters. The van der Waals surface area contributed by atoms with Crippen molar-refractivity contribution in [3.05, 3.63) is 45.6 Å². The number of rotatable bonds is 4. The van der Waals surface area contributed by atoms with Gasteiger partial charge in [0.2, 0.25) is 0 Å². The van der Waals surface area contributed by atoms with Crippen molar-refractivity contribution in [2.24, 2.45) is 5.92 Å². The van der Waals surface area contributed by atoms with Gasteiger partial charge in [0.25, 0.3) is 17.5 Å². The Bertz CT molecular complexity index is 847. The number of carbonyl (C=O) groups is 2. The van der Waals surface area contributed by atoms with E-state index in [1.54, 1.807) is 12.1 Å². The molecule has 2 heterocycles. The second-order valence-electron chi connectivity index (χ2n) is 8.47. The summed E-state index contributed by atoms with van der Waals surface area (Å²) in [7, 11) is 0. The van der Waals surface area contributed by atoms with Crippen molar-refractivity contribution in [3.63, 3.8) is 0 Å². The first-order chi connectivity index (χ1) is 14.0. The second kappa shape index (κ2) is 7.97. The highest BCUT2D eigenvalue weighted by Gasteiger charge is 2.45. The van der Waals surface area contributed by atoms with Gasteiger partial charge in [-0.05, 0) is 49.3 Å². The summed E-state index contributed by atoms with van der Waals surface area (Å²) in [6.07, 6.45) is 6.90. The fraction of sp³-hybridized carbons (Fsp3) is 0.545. The monoisotopic (exact) mass is 397 g/mol. The minimum absolute atomic E-state index is 0.0244. The van der Waals surface area contributed by atoms with Gasteiger partial charge in [-0.25, -0.2) is 0 Å². The molecule has 1 aromatic rings. The first-order valence-corrected chi connectivity index (χ1v) is 10.6. The number of hydrogen-bond donors (Lipinski definition) is 0. The van der Waals surface area contributed by atoms with E-state index in [1.807, 2.05) is 0 Å². The molecule has 0 N–H and O–H groups in total. The van der Waals surface area contributed by atoms with E-state index in [9.17, 15) is 19.7 Å². The molecule has 0 aromatic heterocycles. The summed E-state index contributed by atoms with van der Waals surface area (Å²) < 4.78 is 0. The summed E-state index contributed by atoms with van der Waals surface area (Å²) in [5.74, 6) is 0.172. The van der Waals surface area contributed by atoms with E-state index in [0.717, 1.165) is 58.0 Å². The van der Waals surface area contributed by atoms with Crippen molar-refractivity contribution in [3.8, 4) is 0 Å². The molecule has 3 aliphatic rings. The Hall–Kier alpha value is -2.70. The third-order valence-corrected chi connectivity index (χ3v) is 6.50. The molecule has 4 rings (SSSR count). The predicted molar refractivity (Wildman–Crippen MR) is 109 cm³/mol. The summed E-state index contributed by atoms with van der Waals surface area (Å²) in [5.41, 5.74) is 1.45. The smallest absolute Gasteiger partial charge is 0.278 e. The molecule has 0 bridgehead atoms. The Morgan fingerprint density at radius 1 is 0.931 bits per heavy atom. The molecule has 7 nitrogen and oxygen atoms in total. The van der Waals surface area contributed by atoms with E-state index in [4.69, 9.17) is 0 Å². The minimum Gasteiger partial charge on any atom is -0.366 e. The maximum atomic E-state index is 13.5. The lowest BCUT2D eigenvalue weighted by Gasteiger charge is -2.34. The first-order valence-electron chi connectivity index (χ1n) is 10.6. The number of non-ortho nitro benzene ring substituents is 1. The molecule has 2 fully saturated rings. The molecular formula is C22H27N3O4. The largest absolute Gasteiger partial charge is 0.366 e. The van der Waals surface area contributed by atoms with Crippen LogP contribution in [0.1, 0.15) is 57.4 Å². The standard InChI is InChI=1S/C22H27N3O4/c1-15-11-13-23(14-12-15)20-19(16-7-9-18(10-8-16)25(28)29)21(26)24(22(20)27)17-5-3-2-4-6-17/h7-10,15,17H,2-6,11-14H2,1H3. The Morgan fingerprint density at radius 3 is 2.14 bits per heavy atom. The van der Waals surface area contributed by atoms with Crippen LogP contribution in [0.5, 0.6) is 0 Å². The summed E-state index contributed by atoms with van der Waals surface area (Å²) in [6.45, 7) is 3.72. The zero-order chi connectivity index (χ0) is 20.5. The van der Waals surface area contributed by atoms with Crippen LogP contribution >= 0.6 is 0 Å². The highest BCUT2D eigenvalue weighted by atomic mass is 16.6. The van der Waals surface area contributed by atoms with Crippen LogP contribution in [-0.2, 0) is 9.59 Å². The topological polar surface area (TPSA) is 83.8 Å².